The van der Waals surface area contributed by atoms with E-state index in [0.29, 0.717) is 18.0 Å². The molecule has 0 radical (unpaired) electrons. The number of aryl methyl sites for hydroxylation is 2. The van der Waals surface area contributed by atoms with Gasteiger partial charge in [-0.3, -0.25) is 14.7 Å². The standard InChI is InChI=1S/C29H30N4O/c1-20-5-8-22(9-6-20)18-33-13-11-23(19-33)16-31-29(34)26-15-28(24-4-3-12-30-17-24)32-27-10-7-21(2)14-25(26)27/h3-10,12,14-15,17,23H,11,13,16,18-19H2,1-2H3,(H,31,34)/t23-/m0/s1. The van der Waals surface area contributed by atoms with Gasteiger partial charge in [0.25, 0.3) is 5.91 Å². The number of benzene rings is 2. The number of hydrogen-bond donors (Lipinski definition) is 1. The van der Waals surface area contributed by atoms with E-state index in [0.717, 1.165) is 53.8 Å². The molecule has 2 aromatic heterocycles. The number of likely N-dealkylation sites (tertiary alicyclic amines) is 1. The zero-order valence-corrected chi connectivity index (χ0v) is 19.8. The molecule has 1 N–H and O–H groups in total. The van der Waals surface area contributed by atoms with E-state index in [1.165, 1.54) is 11.1 Å². The zero-order valence-electron chi connectivity index (χ0n) is 19.8. The fourth-order valence-corrected chi connectivity index (χ4v) is 4.70. The minimum Gasteiger partial charge on any atom is -0.352 e. The molecule has 2 aromatic carbocycles. The summed E-state index contributed by atoms with van der Waals surface area (Å²) >= 11 is 0. The van der Waals surface area contributed by atoms with Crippen LogP contribution in [0.4, 0.5) is 0 Å². The molecule has 1 aliphatic rings. The first-order chi connectivity index (χ1) is 16.5. The zero-order chi connectivity index (χ0) is 23.5. The Kier molecular flexibility index (Phi) is 6.37. The van der Waals surface area contributed by atoms with E-state index >= 15 is 0 Å². The number of rotatable bonds is 6. The second-order valence-corrected chi connectivity index (χ2v) is 9.40. The maximum atomic E-state index is 13.3. The fourth-order valence-electron chi connectivity index (χ4n) is 4.70. The molecular weight excluding hydrogens is 420 g/mol. The normalized spacial score (nSPS) is 16.1. The van der Waals surface area contributed by atoms with Crippen LogP contribution in [-0.2, 0) is 6.54 Å². The van der Waals surface area contributed by atoms with Crippen LogP contribution < -0.4 is 5.32 Å². The van der Waals surface area contributed by atoms with Gasteiger partial charge in [0.2, 0.25) is 0 Å². The van der Waals surface area contributed by atoms with Crippen molar-refractivity contribution < 1.29 is 4.79 Å². The molecule has 5 nitrogen and oxygen atoms in total. The van der Waals surface area contributed by atoms with Gasteiger partial charge in [-0.15, -0.1) is 0 Å². The summed E-state index contributed by atoms with van der Waals surface area (Å²) < 4.78 is 0. The molecule has 5 rings (SSSR count). The molecule has 0 saturated carbocycles. The highest BCUT2D eigenvalue weighted by Gasteiger charge is 2.23. The largest absolute Gasteiger partial charge is 0.352 e. The van der Waals surface area contributed by atoms with E-state index in [-0.39, 0.29) is 5.91 Å². The second-order valence-electron chi connectivity index (χ2n) is 9.40. The monoisotopic (exact) mass is 450 g/mol. The van der Waals surface area contributed by atoms with E-state index in [1.807, 2.05) is 43.3 Å². The maximum Gasteiger partial charge on any atom is 0.252 e. The third kappa shape index (κ3) is 5.00. The summed E-state index contributed by atoms with van der Waals surface area (Å²) in [5, 5.41) is 4.10. The number of aromatic nitrogens is 2. The summed E-state index contributed by atoms with van der Waals surface area (Å²) in [4.78, 5) is 24.8. The van der Waals surface area contributed by atoms with Gasteiger partial charge in [-0.25, -0.2) is 4.98 Å². The van der Waals surface area contributed by atoms with Gasteiger partial charge in [0, 0.05) is 43.0 Å². The minimum atomic E-state index is -0.0416. The minimum absolute atomic E-state index is 0.0416. The van der Waals surface area contributed by atoms with E-state index in [9.17, 15) is 4.79 Å². The van der Waals surface area contributed by atoms with Gasteiger partial charge in [0.1, 0.15) is 0 Å². The Balaban J connectivity index is 1.29. The van der Waals surface area contributed by atoms with Gasteiger partial charge in [-0.1, -0.05) is 41.5 Å². The van der Waals surface area contributed by atoms with Gasteiger partial charge in [0.15, 0.2) is 0 Å². The topological polar surface area (TPSA) is 58.1 Å². The van der Waals surface area contributed by atoms with E-state index < -0.39 is 0 Å². The number of nitrogens with zero attached hydrogens (tertiary/aromatic N) is 3. The Morgan fingerprint density at radius 2 is 1.88 bits per heavy atom. The van der Waals surface area contributed by atoms with Crippen LogP contribution in [0.15, 0.2) is 73.1 Å². The third-order valence-corrected chi connectivity index (χ3v) is 6.61. The highest BCUT2D eigenvalue weighted by molar-refractivity contribution is 6.07. The van der Waals surface area contributed by atoms with E-state index in [1.54, 1.807) is 12.4 Å². The van der Waals surface area contributed by atoms with E-state index in [4.69, 9.17) is 4.98 Å². The maximum absolute atomic E-state index is 13.3. The lowest BCUT2D eigenvalue weighted by atomic mass is 10.0. The van der Waals surface area contributed by atoms with Crippen LogP contribution in [0.5, 0.6) is 0 Å². The number of fused-ring (bicyclic) bond motifs is 1. The summed E-state index contributed by atoms with van der Waals surface area (Å²) in [6.45, 7) is 7.87. The second kappa shape index (κ2) is 9.74. The van der Waals surface area contributed by atoms with Crippen LogP contribution in [0.1, 0.15) is 33.5 Å². The average molecular weight is 451 g/mol. The number of nitrogens with one attached hydrogen (secondary N) is 1. The molecule has 3 heterocycles. The summed E-state index contributed by atoms with van der Waals surface area (Å²) in [6, 6.07) is 20.6. The number of carbonyl (C=O) groups is 1. The van der Waals surface area contributed by atoms with Crippen molar-refractivity contribution in [3.63, 3.8) is 0 Å². The first kappa shape index (κ1) is 22.2. The quantitative estimate of drug-likeness (QED) is 0.441. The van der Waals surface area contributed by atoms with Crippen molar-refractivity contribution in [2.75, 3.05) is 19.6 Å². The van der Waals surface area contributed by atoms with Crippen molar-refractivity contribution in [1.82, 2.24) is 20.2 Å². The van der Waals surface area contributed by atoms with Crippen molar-refractivity contribution in [2.24, 2.45) is 5.92 Å². The van der Waals surface area contributed by atoms with Gasteiger partial charge >= 0.3 is 0 Å². The molecule has 1 aliphatic heterocycles. The summed E-state index contributed by atoms with van der Waals surface area (Å²) in [5.74, 6) is 0.419. The predicted octanol–water partition coefficient (Wildman–Crippen LogP) is 5.17. The smallest absolute Gasteiger partial charge is 0.252 e. The van der Waals surface area contributed by atoms with Crippen LogP contribution in [0.2, 0.25) is 0 Å². The van der Waals surface area contributed by atoms with Gasteiger partial charge in [0.05, 0.1) is 16.8 Å². The first-order valence-electron chi connectivity index (χ1n) is 11.9. The van der Waals surface area contributed by atoms with E-state index in [2.05, 4.69) is 46.4 Å². The lowest BCUT2D eigenvalue weighted by molar-refractivity contribution is 0.0949. The van der Waals surface area contributed by atoms with Crippen LogP contribution in [0, 0.1) is 19.8 Å². The van der Waals surface area contributed by atoms with Crippen LogP contribution in [0.25, 0.3) is 22.2 Å². The molecule has 172 valence electrons. The average Bonchev–Trinajstić information content (AvgIpc) is 3.31. The molecule has 34 heavy (non-hydrogen) atoms. The number of hydrogen-bond acceptors (Lipinski definition) is 4. The molecular formula is C29H30N4O. The predicted molar refractivity (Wildman–Crippen MR) is 137 cm³/mol. The Hall–Kier alpha value is -3.57. The number of amides is 1. The van der Waals surface area contributed by atoms with Crippen LogP contribution in [0.3, 0.4) is 0 Å². The Labute approximate surface area is 200 Å². The van der Waals surface area contributed by atoms with Crippen molar-refractivity contribution in [3.05, 3.63) is 95.3 Å². The molecule has 0 aliphatic carbocycles. The Morgan fingerprint density at radius 3 is 2.68 bits per heavy atom. The molecule has 0 unspecified atom stereocenters. The van der Waals surface area contributed by atoms with Gasteiger partial charge < -0.3 is 5.32 Å². The molecule has 0 spiro atoms. The summed E-state index contributed by atoms with van der Waals surface area (Å²) in [6.07, 6.45) is 4.62. The fraction of sp³-hybridized carbons (Fsp3) is 0.276. The van der Waals surface area contributed by atoms with Crippen molar-refractivity contribution >= 4 is 16.8 Å². The Bertz CT molecular complexity index is 1300. The summed E-state index contributed by atoms with van der Waals surface area (Å²) in [7, 11) is 0. The molecule has 4 aromatic rings. The van der Waals surface area contributed by atoms with Gasteiger partial charge in [-0.2, -0.15) is 0 Å². The summed E-state index contributed by atoms with van der Waals surface area (Å²) in [5.41, 5.74) is 6.90. The molecule has 1 amide bonds. The highest BCUT2D eigenvalue weighted by Crippen LogP contribution is 2.26. The first-order valence-corrected chi connectivity index (χ1v) is 11.9. The molecule has 1 atom stereocenters. The number of pyridine rings is 2. The number of carbonyl (C=O) groups excluding carboxylic acids is 1. The van der Waals surface area contributed by atoms with Crippen LogP contribution in [-0.4, -0.2) is 40.4 Å². The molecule has 0 bridgehead atoms. The lowest BCUT2D eigenvalue weighted by Crippen LogP contribution is -2.31. The molecule has 5 heteroatoms. The molecule has 1 fully saturated rings. The van der Waals surface area contributed by atoms with Gasteiger partial charge in [-0.05, 0) is 68.6 Å². The van der Waals surface area contributed by atoms with Crippen LogP contribution >= 0.6 is 0 Å². The highest BCUT2D eigenvalue weighted by atomic mass is 16.1. The lowest BCUT2D eigenvalue weighted by Gasteiger charge is -2.17. The van der Waals surface area contributed by atoms with Crippen molar-refractivity contribution in [3.8, 4) is 11.3 Å². The SMILES string of the molecule is Cc1ccc(CN2CC[C@@H](CNC(=O)c3cc(-c4cccnc4)nc4ccc(C)cc34)C2)cc1. The van der Waals surface area contributed by atoms with Crippen molar-refractivity contribution in [1.29, 1.82) is 0 Å². The van der Waals surface area contributed by atoms with Crippen molar-refractivity contribution in [2.45, 2.75) is 26.8 Å². The third-order valence-electron chi connectivity index (χ3n) is 6.61. The molecule has 1 saturated heterocycles. The Morgan fingerprint density at radius 1 is 1.06 bits per heavy atom.